The lowest BCUT2D eigenvalue weighted by molar-refractivity contribution is -0.0245. The third kappa shape index (κ3) is 4.08. The molecule has 1 saturated heterocycles. The van der Waals surface area contributed by atoms with Gasteiger partial charge in [-0.2, -0.15) is 0 Å². The Bertz CT molecular complexity index is 363. The molecule has 0 radical (unpaired) electrons. The fourth-order valence-corrected chi connectivity index (χ4v) is 2.61. The summed E-state index contributed by atoms with van der Waals surface area (Å²) in [6, 6.07) is 9.11. The number of rotatable bonds is 4. The molecule has 3 heteroatoms. The van der Waals surface area contributed by atoms with Crippen LogP contribution in [0.15, 0.2) is 28.7 Å². The molecule has 0 bridgehead atoms. The Labute approximate surface area is 118 Å². The summed E-state index contributed by atoms with van der Waals surface area (Å²) in [5.41, 5.74) is 1.34. The van der Waals surface area contributed by atoms with E-state index < -0.39 is 0 Å². The van der Waals surface area contributed by atoms with Gasteiger partial charge >= 0.3 is 0 Å². The summed E-state index contributed by atoms with van der Waals surface area (Å²) in [6.45, 7) is 6.31. The van der Waals surface area contributed by atoms with Crippen LogP contribution in [0.4, 0.5) is 0 Å². The predicted molar refractivity (Wildman–Crippen MR) is 78.6 cm³/mol. The number of nitrogens with one attached hydrogen (secondary N) is 1. The lowest BCUT2D eigenvalue weighted by Gasteiger charge is -2.32. The van der Waals surface area contributed by atoms with Gasteiger partial charge in [-0.15, -0.1) is 0 Å². The van der Waals surface area contributed by atoms with Gasteiger partial charge in [-0.1, -0.05) is 41.9 Å². The molecule has 0 saturated carbocycles. The molecule has 1 heterocycles. The van der Waals surface area contributed by atoms with Crippen molar-refractivity contribution in [3.8, 4) is 0 Å². The van der Waals surface area contributed by atoms with Gasteiger partial charge in [-0.25, -0.2) is 0 Å². The molecule has 1 aliphatic heterocycles. The fourth-order valence-electron chi connectivity index (χ4n) is 2.34. The molecule has 0 amide bonds. The molecular formula is C15H22BrNO. The normalized spacial score (nSPS) is 24.4. The van der Waals surface area contributed by atoms with Crippen LogP contribution in [0, 0.1) is 5.92 Å². The van der Waals surface area contributed by atoms with E-state index in [1.54, 1.807) is 0 Å². The molecule has 1 aliphatic rings. The molecule has 2 nitrogen and oxygen atoms in total. The summed E-state index contributed by atoms with van der Waals surface area (Å²) >= 11 is 3.46. The molecule has 2 unspecified atom stereocenters. The van der Waals surface area contributed by atoms with Crippen LogP contribution in [0.2, 0.25) is 0 Å². The van der Waals surface area contributed by atoms with Gasteiger partial charge in [0.15, 0.2) is 0 Å². The highest BCUT2D eigenvalue weighted by Crippen LogP contribution is 2.20. The highest BCUT2D eigenvalue weighted by atomic mass is 79.9. The van der Waals surface area contributed by atoms with Crippen LogP contribution in [-0.4, -0.2) is 18.8 Å². The molecule has 0 spiro atoms. The van der Waals surface area contributed by atoms with Gasteiger partial charge in [0.2, 0.25) is 0 Å². The van der Waals surface area contributed by atoms with Crippen molar-refractivity contribution < 1.29 is 4.74 Å². The van der Waals surface area contributed by atoms with Gasteiger partial charge in [-0.3, -0.25) is 0 Å². The van der Waals surface area contributed by atoms with E-state index in [9.17, 15) is 0 Å². The van der Waals surface area contributed by atoms with E-state index in [2.05, 4.69) is 59.4 Å². The molecule has 18 heavy (non-hydrogen) atoms. The van der Waals surface area contributed by atoms with Crippen molar-refractivity contribution in [2.45, 2.75) is 45.4 Å². The first kappa shape index (κ1) is 14.0. The predicted octanol–water partition coefficient (Wildman–Crippen LogP) is 3.74. The molecule has 1 fully saturated rings. The molecule has 2 atom stereocenters. The van der Waals surface area contributed by atoms with Gasteiger partial charge in [0.1, 0.15) is 0 Å². The van der Waals surface area contributed by atoms with Crippen molar-refractivity contribution in [2.24, 2.45) is 5.92 Å². The van der Waals surface area contributed by atoms with E-state index in [1.807, 2.05) is 0 Å². The Hall–Kier alpha value is -0.380. The van der Waals surface area contributed by atoms with Crippen LogP contribution in [-0.2, 0) is 11.3 Å². The van der Waals surface area contributed by atoms with Crippen LogP contribution in [0.3, 0.4) is 0 Å². The van der Waals surface area contributed by atoms with Gasteiger partial charge in [-0.05, 0) is 36.5 Å². The summed E-state index contributed by atoms with van der Waals surface area (Å²) in [5.74, 6) is 0.613. The zero-order valence-electron chi connectivity index (χ0n) is 11.2. The smallest absolute Gasteiger partial charge is 0.0612 e. The standard InChI is InChI=1S/C15H22BrNO/c1-11(2)15-9-14(7-8-18-15)17-10-12-3-5-13(16)6-4-12/h3-6,11,14-15,17H,7-10H2,1-2H3. The minimum atomic E-state index is 0.418. The fraction of sp³-hybridized carbons (Fsp3) is 0.600. The molecule has 2 rings (SSSR count). The summed E-state index contributed by atoms with van der Waals surface area (Å²) in [5, 5.41) is 3.65. The van der Waals surface area contributed by atoms with E-state index in [0.29, 0.717) is 18.1 Å². The number of hydrogen-bond donors (Lipinski definition) is 1. The highest BCUT2D eigenvalue weighted by molar-refractivity contribution is 9.10. The maximum atomic E-state index is 5.79. The monoisotopic (exact) mass is 311 g/mol. The van der Waals surface area contributed by atoms with Gasteiger partial charge in [0, 0.05) is 23.7 Å². The minimum Gasteiger partial charge on any atom is -0.378 e. The summed E-state index contributed by atoms with van der Waals surface area (Å²) in [4.78, 5) is 0. The van der Waals surface area contributed by atoms with Gasteiger partial charge in [0.25, 0.3) is 0 Å². The van der Waals surface area contributed by atoms with E-state index in [0.717, 1.165) is 30.5 Å². The molecular weight excluding hydrogens is 290 g/mol. The van der Waals surface area contributed by atoms with E-state index in [1.165, 1.54) is 5.56 Å². The van der Waals surface area contributed by atoms with Gasteiger partial charge in [0.05, 0.1) is 6.10 Å². The van der Waals surface area contributed by atoms with Crippen LogP contribution in [0.1, 0.15) is 32.3 Å². The Morgan fingerprint density at radius 1 is 1.33 bits per heavy atom. The van der Waals surface area contributed by atoms with E-state index in [4.69, 9.17) is 4.74 Å². The lowest BCUT2D eigenvalue weighted by atomic mass is 9.95. The Morgan fingerprint density at radius 2 is 2.06 bits per heavy atom. The number of benzene rings is 1. The van der Waals surface area contributed by atoms with Crippen molar-refractivity contribution in [3.63, 3.8) is 0 Å². The molecule has 1 aromatic rings. The van der Waals surface area contributed by atoms with Crippen LogP contribution < -0.4 is 5.32 Å². The van der Waals surface area contributed by atoms with E-state index >= 15 is 0 Å². The highest BCUT2D eigenvalue weighted by Gasteiger charge is 2.24. The third-order valence-electron chi connectivity index (χ3n) is 3.57. The van der Waals surface area contributed by atoms with Crippen molar-refractivity contribution in [1.29, 1.82) is 0 Å². The van der Waals surface area contributed by atoms with Crippen molar-refractivity contribution in [1.82, 2.24) is 5.32 Å². The minimum absolute atomic E-state index is 0.418. The SMILES string of the molecule is CC(C)C1CC(NCc2ccc(Br)cc2)CCO1. The van der Waals surface area contributed by atoms with Crippen LogP contribution in [0.25, 0.3) is 0 Å². The molecule has 0 aliphatic carbocycles. The van der Waals surface area contributed by atoms with Crippen molar-refractivity contribution >= 4 is 15.9 Å². The Morgan fingerprint density at radius 3 is 2.72 bits per heavy atom. The molecule has 1 N–H and O–H groups in total. The lowest BCUT2D eigenvalue weighted by Crippen LogP contribution is -2.40. The second kappa shape index (κ2) is 6.69. The number of halogens is 1. The summed E-state index contributed by atoms with van der Waals surface area (Å²) < 4.78 is 6.93. The average molecular weight is 312 g/mol. The van der Waals surface area contributed by atoms with Gasteiger partial charge < -0.3 is 10.1 Å². The molecule has 100 valence electrons. The maximum Gasteiger partial charge on any atom is 0.0612 e. The Balaban J connectivity index is 1.81. The maximum absolute atomic E-state index is 5.79. The van der Waals surface area contributed by atoms with Crippen molar-refractivity contribution in [3.05, 3.63) is 34.3 Å². The van der Waals surface area contributed by atoms with Crippen LogP contribution >= 0.6 is 15.9 Å². The molecule has 1 aromatic carbocycles. The molecule has 0 aromatic heterocycles. The van der Waals surface area contributed by atoms with Crippen molar-refractivity contribution in [2.75, 3.05) is 6.61 Å². The first-order valence-corrected chi connectivity index (χ1v) is 7.54. The zero-order valence-corrected chi connectivity index (χ0v) is 12.7. The third-order valence-corrected chi connectivity index (χ3v) is 4.10. The Kier molecular flexibility index (Phi) is 5.22. The first-order chi connectivity index (χ1) is 8.65. The number of ether oxygens (including phenoxy) is 1. The summed E-state index contributed by atoms with van der Waals surface area (Å²) in [6.07, 6.45) is 2.68. The largest absolute Gasteiger partial charge is 0.378 e. The average Bonchev–Trinajstić information content (AvgIpc) is 2.38. The zero-order chi connectivity index (χ0) is 13.0. The van der Waals surface area contributed by atoms with Crippen LogP contribution in [0.5, 0.6) is 0 Å². The topological polar surface area (TPSA) is 21.3 Å². The number of hydrogen-bond acceptors (Lipinski definition) is 2. The second-order valence-corrected chi connectivity index (χ2v) is 6.30. The first-order valence-electron chi connectivity index (χ1n) is 6.74. The second-order valence-electron chi connectivity index (χ2n) is 5.38. The summed E-state index contributed by atoms with van der Waals surface area (Å²) in [7, 11) is 0. The quantitative estimate of drug-likeness (QED) is 0.914. The van der Waals surface area contributed by atoms with E-state index in [-0.39, 0.29) is 0 Å².